The highest BCUT2D eigenvalue weighted by atomic mass is 19.1. The second kappa shape index (κ2) is 10.0. The molecular formula is C23H23FN2O6. The Morgan fingerprint density at radius 1 is 1.16 bits per heavy atom. The molecule has 1 N–H and O–H groups in total. The minimum absolute atomic E-state index is 0.0486. The van der Waals surface area contributed by atoms with Gasteiger partial charge in [0.15, 0.2) is 12.4 Å². The quantitative estimate of drug-likeness (QED) is 0.498. The second-order valence-electron chi connectivity index (χ2n) is 7.14. The fourth-order valence-electron chi connectivity index (χ4n) is 3.26. The van der Waals surface area contributed by atoms with Crippen molar-refractivity contribution < 1.29 is 33.0 Å². The summed E-state index contributed by atoms with van der Waals surface area (Å²) in [5, 5.41) is 2.64. The highest BCUT2D eigenvalue weighted by molar-refractivity contribution is 6.08. The highest BCUT2D eigenvalue weighted by Gasteiger charge is 2.33. The largest absolute Gasteiger partial charge is 0.482 e. The lowest BCUT2D eigenvalue weighted by molar-refractivity contribution is -0.143. The van der Waals surface area contributed by atoms with Crippen molar-refractivity contribution in [1.29, 1.82) is 0 Å². The van der Waals surface area contributed by atoms with Crippen LogP contribution in [-0.2, 0) is 19.1 Å². The summed E-state index contributed by atoms with van der Waals surface area (Å²) in [6.07, 6.45) is -0.105. The van der Waals surface area contributed by atoms with Gasteiger partial charge in [0, 0.05) is 17.7 Å². The van der Waals surface area contributed by atoms with Crippen LogP contribution in [0.4, 0.5) is 15.8 Å². The summed E-state index contributed by atoms with van der Waals surface area (Å²) < 4.78 is 23.4. The Balaban J connectivity index is 1.79. The number of anilines is 2. The van der Waals surface area contributed by atoms with E-state index in [-0.39, 0.29) is 43.1 Å². The van der Waals surface area contributed by atoms with Crippen molar-refractivity contribution in [1.82, 2.24) is 0 Å². The molecule has 0 radical (unpaired) electrons. The number of halogens is 1. The molecule has 0 saturated carbocycles. The van der Waals surface area contributed by atoms with Crippen LogP contribution < -0.4 is 15.0 Å². The van der Waals surface area contributed by atoms with E-state index in [2.05, 4.69) is 5.32 Å². The number of Topliss-reactive ketones (excluding diaryl/α,β-unsaturated/α-hetero) is 1. The molecule has 3 rings (SSSR count). The molecule has 0 spiro atoms. The number of ether oxygens (including phenoxy) is 2. The van der Waals surface area contributed by atoms with Crippen LogP contribution in [-0.4, -0.2) is 42.8 Å². The zero-order chi connectivity index (χ0) is 23.3. The maximum Gasteiger partial charge on any atom is 0.306 e. The molecule has 2 amide bonds. The number of carbonyl (C=O) groups excluding carboxylic acids is 4. The first-order chi connectivity index (χ1) is 15.3. The topological polar surface area (TPSA) is 102 Å². The van der Waals surface area contributed by atoms with E-state index in [9.17, 15) is 23.6 Å². The van der Waals surface area contributed by atoms with Crippen molar-refractivity contribution in [2.75, 3.05) is 23.4 Å². The lowest BCUT2D eigenvalue weighted by Gasteiger charge is -2.33. The van der Waals surface area contributed by atoms with Gasteiger partial charge in [0.1, 0.15) is 17.6 Å². The van der Waals surface area contributed by atoms with Crippen LogP contribution >= 0.6 is 0 Å². The molecule has 1 unspecified atom stereocenters. The Morgan fingerprint density at radius 3 is 2.56 bits per heavy atom. The van der Waals surface area contributed by atoms with E-state index < -0.39 is 29.6 Å². The molecule has 0 fully saturated rings. The van der Waals surface area contributed by atoms with Crippen molar-refractivity contribution in [3.05, 3.63) is 53.8 Å². The van der Waals surface area contributed by atoms with Crippen molar-refractivity contribution >= 4 is 34.9 Å². The Bertz CT molecular complexity index is 1040. The molecule has 1 aliphatic rings. The highest BCUT2D eigenvalue weighted by Crippen LogP contribution is 2.35. The minimum Gasteiger partial charge on any atom is -0.482 e. The van der Waals surface area contributed by atoms with Gasteiger partial charge in [-0.25, -0.2) is 4.39 Å². The van der Waals surface area contributed by atoms with Crippen LogP contribution in [0.15, 0.2) is 42.5 Å². The summed E-state index contributed by atoms with van der Waals surface area (Å²) in [7, 11) is 0. The number of amides is 2. The number of ketones is 1. The molecule has 0 aliphatic carbocycles. The predicted octanol–water partition coefficient (Wildman–Crippen LogP) is 3.10. The Morgan fingerprint density at radius 2 is 1.88 bits per heavy atom. The maximum atomic E-state index is 13.1. The van der Waals surface area contributed by atoms with E-state index in [1.54, 1.807) is 26.0 Å². The van der Waals surface area contributed by atoms with Gasteiger partial charge < -0.3 is 14.8 Å². The summed E-state index contributed by atoms with van der Waals surface area (Å²) in [5.74, 6) is -1.79. The van der Waals surface area contributed by atoms with E-state index in [0.717, 1.165) is 0 Å². The summed E-state index contributed by atoms with van der Waals surface area (Å²) in [5.41, 5.74) is 0.944. The van der Waals surface area contributed by atoms with Gasteiger partial charge in [-0.2, -0.15) is 0 Å². The molecule has 2 aromatic carbocycles. The summed E-state index contributed by atoms with van der Waals surface area (Å²) >= 11 is 0. The molecule has 168 valence electrons. The van der Waals surface area contributed by atoms with E-state index >= 15 is 0 Å². The molecule has 8 nitrogen and oxygen atoms in total. The van der Waals surface area contributed by atoms with E-state index in [0.29, 0.717) is 11.4 Å². The third-order valence-electron chi connectivity index (χ3n) is 4.90. The molecule has 9 heteroatoms. The second-order valence-corrected chi connectivity index (χ2v) is 7.14. The van der Waals surface area contributed by atoms with Gasteiger partial charge in [-0.1, -0.05) is 0 Å². The Kier molecular flexibility index (Phi) is 7.19. The Labute approximate surface area is 184 Å². The first-order valence-corrected chi connectivity index (χ1v) is 10.1. The van der Waals surface area contributed by atoms with Crippen LogP contribution in [0.2, 0.25) is 0 Å². The van der Waals surface area contributed by atoms with Gasteiger partial charge in [-0.3, -0.25) is 24.1 Å². The average molecular weight is 442 g/mol. The number of carbonyl (C=O) groups is 4. The molecule has 1 aliphatic heterocycles. The zero-order valence-corrected chi connectivity index (χ0v) is 17.7. The number of rotatable bonds is 8. The molecule has 0 bridgehead atoms. The zero-order valence-electron chi connectivity index (χ0n) is 17.7. The standard InChI is InChI=1S/C23H23FN2O6/c1-3-31-22(29)11-9-19(27)15-4-10-20-18(12-15)26(21(28)13-32-20)14(2)23(30)25-17-7-5-16(24)6-8-17/h4-8,10,12,14H,3,9,11,13H2,1-2H3,(H,25,30). The summed E-state index contributed by atoms with van der Waals surface area (Å²) in [6, 6.07) is 8.89. The molecule has 2 aromatic rings. The fraction of sp³-hybridized carbons (Fsp3) is 0.304. The van der Waals surface area contributed by atoms with Gasteiger partial charge in [-0.05, 0) is 56.3 Å². The lowest BCUT2D eigenvalue weighted by Crippen LogP contribution is -2.49. The number of hydrogen-bond acceptors (Lipinski definition) is 6. The SMILES string of the molecule is CCOC(=O)CCC(=O)c1ccc2c(c1)N(C(C)C(=O)Nc1ccc(F)cc1)C(=O)CO2. The molecule has 32 heavy (non-hydrogen) atoms. The fourth-order valence-corrected chi connectivity index (χ4v) is 3.26. The van der Waals surface area contributed by atoms with Gasteiger partial charge >= 0.3 is 5.97 Å². The number of benzene rings is 2. The van der Waals surface area contributed by atoms with Crippen molar-refractivity contribution in [3.63, 3.8) is 0 Å². The smallest absolute Gasteiger partial charge is 0.306 e. The van der Waals surface area contributed by atoms with Crippen molar-refractivity contribution in [3.8, 4) is 5.75 Å². The van der Waals surface area contributed by atoms with Crippen LogP contribution in [0.5, 0.6) is 5.75 Å². The third-order valence-corrected chi connectivity index (χ3v) is 4.90. The molecule has 0 saturated heterocycles. The maximum absolute atomic E-state index is 13.1. The third kappa shape index (κ3) is 5.29. The molecule has 0 aromatic heterocycles. The number of esters is 1. The lowest BCUT2D eigenvalue weighted by atomic mass is 10.0. The molecule has 1 atom stereocenters. The summed E-state index contributed by atoms with van der Waals surface area (Å²) in [4.78, 5) is 50.7. The van der Waals surface area contributed by atoms with Gasteiger partial charge in [0.05, 0.1) is 18.7 Å². The minimum atomic E-state index is -0.930. The van der Waals surface area contributed by atoms with Crippen LogP contribution in [0.3, 0.4) is 0 Å². The number of hydrogen-bond donors (Lipinski definition) is 1. The first-order valence-electron chi connectivity index (χ1n) is 10.1. The number of fused-ring (bicyclic) bond motifs is 1. The number of nitrogens with one attached hydrogen (secondary N) is 1. The van der Waals surface area contributed by atoms with Crippen LogP contribution in [0, 0.1) is 5.82 Å². The van der Waals surface area contributed by atoms with Gasteiger partial charge in [0.25, 0.3) is 5.91 Å². The Hall–Kier alpha value is -3.75. The normalized spacial score (nSPS) is 13.6. The van der Waals surface area contributed by atoms with Crippen molar-refractivity contribution in [2.45, 2.75) is 32.7 Å². The monoisotopic (exact) mass is 442 g/mol. The van der Waals surface area contributed by atoms with Crippen LogP contribution in [0.25, 0.3) is 0 Å². The van der Waals surface area contributed by atoms with Crippen molar-refractivity contribution in [2.24, 2.45) is 0 Å². The van der Waals surface area contributed by atoms with E-state index in [4.69, 9.17) is 9.47 Å². The van der Waals surface area contributed by atoms with E-state index in [1.165, 1.54) is 35.2 Å². The molecule has 1 heterocycles. The van der Waals surface area contributed by atoms with Crippen LogP contribution in [0.1, 0.15) is 37.0 Å². The number of nitrogens with zero attached hydrogens (tertiary/aromatic N) is 1. The first kappa shape index (κ1) is 22.9. The van der Waals surface area contributed by atoms with E-state index in [1.807, 2.05) is 0 Å². The molecular weight excluding hydrogens is 419 g/mol. The predicted molar refractivity (Wildman–Crippen MR) is 114 cm³/mol. The van der Waals surface area contributed by atoms with Gasteiger partial charge in [-0.15, -0.1) is 0 Å². The summed E-state index contributed by atoms with van der Waals surface area (Å²) in [6.45, 7) is 3.21. The average Bonchev–Trinajstić information content (AvgIpc) is 2.78. The van der Waals surface area contributed by atoms with Gasteiger partial charge in [0.2, 0.25) is 5.91 Å².